The molecule has 0 radical (unpaired) electrons. The number of benzene rings is 1. The highest BCUT2D eigenvalue weighted by Crippen LogP contribution is 2.29. The van der Waals surface area contributed by atoms with Crippen molar-refractivity contribution >= 4 is 30.0 Å². The molecule has 0 aliphatic heterocycles. The van der Waals surface area contributed by atoms with Crippen molar-refractivity contribution in [3.63, 3.8) is 0 Å². The van der Waals surface area contributed by atoms with E-state index in [0.717, 1.165) is 30.5 Å². The smallest absolute Gasteiger partial charge is 0.315 e. The van der Waals surface area contributed by atoms with Crippen molar-refractivity contribution in [3.8, 4) is 0 Å². The van der Waals surface area contributed by atoms with Crippen molar-refractivity contribution in [2.75, 3.05) is 18.8 Å². The number of amides is 3. The summed E-state index contributed by atoms with van der Waals surface area (Å²) >= 11 is 0. The Hall–Kier alpha value is -1.95. The molecule has 1 aromatic rings. The number of urea groups is 1. The Kier molecular flexibility index (Phi) is 7.85. The molecule has 0 saturated heterocycles. The van der Waals surface area contributed by atoms with Crippen LogP contribution in [0.4, 0.5) is 10.5 Å². The Bertz CT molecular complexity index is 542. The molecule has 2 rings (SSSR count). The lowest BCUT2D eigenvalue weighted by Crippen LogP contribution is -2.59. The number of rotatable bonds is 6. The summed E-state index contributed by atoms with van der Waals surface area (Å²) in [7, 11) is 0. The largest absolute Gasteiger partial charge is 0.399 e. The number of carbonyl (C=O) groups is 2. The highest BCUT2D eigenvalue weighted by Gasteiger charge is 2.42. The van der Waals surface area contributed by atoms with E-state index in [4.69, 9.17) is 5.73 Å². The molecule has 0 unspecified atom stereocenters. The van der Waals surface area contributed by atoms with E-state index in [1.807, 2.05) is 31.2 Å². The van der Waals surface area contributed by atoms with E-state index in [1.54, 1.807) is 0 Å². The monoisotopic (exact) mass is 354 g/mol. The summed E-state index contributed by atoms with van der Waals surface area (Å²) in [5, 5.41) is 8.53. The quantitative estimate of drug-likeness (QED) is 0.588. The number of anilines is 1. The van der Waals surface area contributed by atoms with Gasteiger partial charge in [-0.05, 0) is 43.9 Å². The lowest BCUT2D eigenvalue weighted by Gasteiger charge is -2.29. The minimum Gasteiger partial charge on any atom is -0.399 e. The van der Waals surface area contributed by atoms with E-state index in [-0.39, 0.29) is 24.3 Å². The molecular formula is C17H27ClN4O2. The molecule has 6 nitrogen and oxygen atoms in total. The number of hydrogen-bond donors (Lipinski definition) is 4. The van der Waals surface area contributed by atoms with Gasteiger partial charge in [-0.2, -0.15) is 0 Å². The van der Waals surface area contributed by atoms with Crippen LogP contribution in [0, 0.1) is 0 Å². The van der Waals surface area contributed by atoms with Gasteiger partial charge in [0, 0.05) is 18.8 Å². The molecule has 1 aromatic carbocycles. The first-order chi connectivity index (χ1) is 11.1. The average molecular weight is 355 g/mol. The van der Waals surface area contributed by atoms with Crippen LogP contribution in [-0.2, 0) is 11.2 Å². The van der Waals surface area contributed by atoms with Crippen molar-refractivity contribution in [2.45, 2.75) is 44.6 Å². The molecule has 0 bridgehead atoms. The van der Waals surface area contributed by atoms with Gasteiger partial charge in [-0.15, -0.1) is 12.4 Å². The second kappa shape index (κ2) is 9.37. The molecule has 1 aliphatic carbocycles. The fraction of sp³-hybridized carbons (Fsp3) is 0.529. The van der Waals surface area contributed by atoms with Crippen LogP contribution in [-0.4, -0.2) is 30.6 Å². The van der Waals surface area contributed by atoms with E-state index < -0.39 is 5.54 Å². The fourth-order valence-corrected chi connectivity index (χ4v) is 2.98. The van der Waals surface area contributed by atoms with Crippen LogP contribution in [0.2, 0.25) is 0 Å². The third-order valence-electron chi connectivity index (χ3n) is 4.26. The third kappa shape index (κ3) is 5.30. The molecule has 1 saturated carbocycles. The second-order valence-electron chi connectivity index (χ2n) is 6.02. The van der Waals surface area contributed by atoms with Crippen LogP contribution in [0.5, 0.6) is 0 Å². The standard InChI is InChI=1S/C17H26N4O2.ClH/c1-2-19-16(23)21-17(10-3-4-11-17)15(22)20-12-9-13-5-7-14(18)8-6-13;/h5-8H,2-4,9-12,18H2,1H3,(H,20,22)(H2,19,21,23);1H. The minimum absolute atomic E-state index is 0. The highest BCUT2D eigenvalue weighted by molar-refractivity contribution is 5.91. The van der Waals surface area contributed by atoms with E-state index in [0.29, 0.717) is 25.9 Å². The predicted octanol–water partition coefficient (Wildman–Crippen LogP) is 1.98. The molecule has 0 atom stereocenters. The number of nitrogen functional groups attached to an aromatic ring is 1. The maximum absolute atomic E-state index is 12.6. The molecule has 1 aliphatic rings. The number of nitrogens with one attached hydrogen (secondary N) is 3. The van der Waals surface area contributed by atoms with E-state index in [1.165, 1.54) is 0 Å². The van der Waals surface area contributed by atoms with E-state index in [9.17, 15) is 9.59 Å². The molecule has 0 heterocycles. The van der Waals surface area contributed by atoms with Crippen molar-refractivity contribution in [3.05, 3.63) is 29.8 Å². The summed E-state index contributed by atoms with van der Waals surface area (Å²) in [5.41, 5.74) is 6.75. The van der Waals surface area contributed by atoms with Crippen LogP contribution >= 0.6 is 12.4 Å². The minimum atomic E-state index is -0.764. The predicted molar refractivity (Wildman–Crippen MR) is 98.2 cm³/mol. The van der Waals surface area contributed by atoms with E-state index >= 15 is 0 Å². The summed E-state index contributed by atoms with van der Waals surface area (Å²) < 4.78 is 0. The van der Waals surface area contributed by atoms with E-state index in [2.05, 4.69) is 16.0 Å². The van der Waals surface area contributed by atoms with Crippen LogP contribution in [0.15, 0.2) is 24.3 Å². The molecule has 0 aromatic heterocycles. The van der Waals surface area contributed by atoms with Gasteiger partial charge >= 0.3 is 6.03 Å². The van der Waals surface area contributed by atoms with Gasteiger partial charge in [0.05, 0.1) is 0 Å². The Morgan fingerprint density at radius 2 is 1.75 bits per heavy atom. The van der Waals surface area contributed by atoms with Gasteiger partial charge in [0.25, 0.3) is 0 Å². The second-order valence-corrected chi connectivity index (χ2v) is 6.02. The number of carbonyl (C=O) groups excluding carboxylic acids is 2. The van der Waals surface area contributed by atoms with Gasteiger partial charge in [0.1, 0.15) is 5.54 Å². The van der Waals surface area contributed by atoms with Crippen molar-refractivity contribution in [2.24, 2.45) is 0 Å². The highest BCUT2D eigenvalue weighted by atomic mass is 35.5. The van der Waals surface area contributed by atoms with Gasteiger partial charge in [0.2, 0.25) is 5.91 Å². The summed E-state index contributed by atoms with van der Waals surface area (Å²) in [4.78, 5) is 24.4. The van der Waals surface area contributed by atoms with Gasteiger partial charge in [-0.3, -0.25) is 4.79 Å². The Balaban J connectivity index is 0.00000288. The Morgan fingerprint density at radius 1 is 1.12 bits per heavy atom. The lowest BCUT2D eigenvalue weighted by molar-refractivity contribution is -0.127. The topological polar surface area (TPSA) is 96.2 Å². The van der Waals surface area contributed by atoms with Gasteiger partial charge < -0.3 is 21.7 Å². The first-order valence-corrected chi connectivity index (χ1v) is 8.24. The first kappa shape index (κ1) is 20.1. The summed E-state index contributed by atoms with van der Waals surface area (Å²) in [6, 6.07) is 7.35. The summed E-state index contributed by atoms with van der Waals surface area (Å²) in [6.45, 7) is 2.94. The number of nitrogens with two attached hydrogens (primary N) is 1. The van der Waals surface area contributed by atoms with Crippen LogP contribution in [0.1, 0.15) is 38.2 Å². The zero-order chi connectivity index (χ0) is 16.7. The Morgan fingerprint density at radius 3 is 2.33 bits per heavy atom. The van der Waals surface area contributed by atoms with Crippen molar-refractivity contribution in [1.29, 1.82) is 0 Å². The zero-order valence-corrected chi connectivity index (χ0v) is 14.9. The number of halogens is 1. The first-order valence-electron chi connectivity index (χ1n) is 8.24. The summed E-state index contributed by atoms with van der Waals surface area (Å²) in [5.74, 6) is -0.0864. The zero-order valence-electron chi connectivity index (χ0n) is 14.1. The van der Waals surface area contributed by atoms with Gasteiger partial charge in [-0.25, -0.2) is 4.79 Å². The maximum atomic E-state index is 12.6. The molecule has 0 spiro atoms. The van der Waals surface area contributed by atoms with Crippen LogP contribution in [0.3, 0.4) is 0 Å². The van der Waals surface area contributed by atoms with Crippen molar-refractivity contribution in [1.82, 2.24) is 16.0 Å². The molecule has 24 heavy (non-hydrogen) atoms. The molecule has 1 fully saturated rings. The molecule has 5 N–H and O–H groups in total. The summed E-state index contributed by atoms with van der Waals surface area (Å²) in [6.07, 6.45) is 4.04. The molecular weight excluding hydrogens is 328 g/mol. The molecule has 3 amide bonds. The molecule has 7 heteroatoms. The molecule has 134 valence electrons. The van der Waals surface area contributed by atoms with Gasteiger partial charge in [-0.1, -0.05) is 25.0 Å². The van der Waals surface area contributed by atoms with Gasteiger partial charge in [0.15, 0.2) is 0 Å². The fourth-order valence-electron chi connectivity index (χ4n) is 2.98. The third-order valence-corrected chi connectivity index (χ3v) is 4.26. The average Bonchev–Trinajstić information content (AvgIpc) is 2.99. The van der Waals surface area contributed by atoms with Crippen molar-refractivity contribution < 1.29 is 9.59 Å². The Labute approximate surface area is 149 Å². The maximum Gasteiger partial charge on any atom is 0.315 e. The number of hydrogen-bond acceptors (Lipinski definition) is 3. The SMILES string of the molecule is CCNC(=O)NC1(C(=O)NCCc2ccc(N)cc2)CCCC1.Cl. The normalized spacial score (nSPS) is 15.2. The lowest BCUT2D eigenvalue weighted by atomic mass is 9.96. The van der Waals surface area contributed by atoms with Crippen LogP contribution in [0.25, 0.3) is 0 Å². The van der Waals surface area contributed by atoms with Crippen LogP contribution < -0.4 is 21.7 Å².